The van der Waals surface area contributed by atoms with Crippen LogP contribution in [0.15, 0.2) is 0 Å². The number of rotatable bonds is 7. The van der Waals surface area contributed by atoms with E-state index in [1.165, 1.54) is 45.6 Å². The Bertz CT molecular complexity index is 237. The molecule has 0 amide bonds. The van der Waals surface area contributed by atoms with Crippen LogP contribution in [0.5, 0.6) is 0 Å². The molecule has 0 radical (unpaired) electrons. The fraction of sp³-hybridized carbons (Fsp3) is 1.00. The quantitative estimate of drug-likeness (QED) is 0.724. The first-order chi connectivity index (χ1) is 8.74. The molecule has 0 aromatic rings. The molecule has 2 unspecified atom stereocenters. The maximum absolute atomic E-state index is 5.95. The molecule has 18 heavy (non-hydrogen) atoms. The third-order valence-electron chi connectivity index (χ3n) is 4.42. The van der Waals surface area contributed by atoms with E-state index in [2.05, 4.69) is 16.7 Å². The van der Waals surface area contributed by atoms with Crippen molar-refractivity contribution in [1.82, 2.24) is 9.80 Å². The minimum atomic E-state index is 0.480. The van der Waals surface area contributed by atoms with Crippen molar-refractivity contribution < 1.29 is 4.74 Å². The average molecular weight is 255 g/mol. The van der Waals surface area contributed by atoms with Crippen LogP contribution in [0.3, 0.4) is 0 Å². The molecular weight excluding hydrogens is 226 g/mol. The lowest BCUT2D eigenvalue weighted by molar-refractivity contribution is 0.0471. The summed E-state index contributed by atoms with van der Waals surface area (Å²) < 4.78 is 5.27. The van der Waals surface area contributed by atoms with E-state index < -0.39 is 0 Å². The summed E-state index contributed by atoms with van der Waals surface area (Å²) in [5.74, 6) is 1.53. The molecule has 4 heteroatoms. The molecule has 4 nitrogen and oxygen atoms in total. The van der Waals surface area contributed by atoms with Crippen LogP contribution >= 0.6 is 0 Å². The second-order valence-corrected chi connectivity index (χ2v) is 6.02. The van der Waals surface area contributed by atoms with E-state index in [-0.39, 0.29) is 0 Å². The van der Waals surface area contributed by atoms with Gasteiger partial charge in [-0.1, -0.05) is 6.92 Å². The second-order valence-electron chi connectivity index (χ2n) is 6.02. The van der Waals surface area contributed by atoms with Crippen LogP contribution in [0.1, 0.15) is 19.8 Å². The number of nitrogens with two attached hydrogens (primary N) is 1. The lowest BCUT2D eigenvalue weighted by atomic mass is 10.0. The van der Waals surface area contributed by atoms with E-state index in [4.69, 9.17) is 10.5 Å². The molecule has 0 aromatic carbocycles. The van der Waals surface area contributed by atoms with Crippen molar-refractivity contribution in [2.75, 3.05) is 53.0 Å². The monoisotopic (exact) mass is 255 g/mol. The minimum Gasteiger partial charge on any atom is -0.384 e. The van der Waals surface area contributed by atoms with E-state index in [9.17, 15) is 0 Å². The highest BCUT2D eigenvalue weighted by atomic mass is 16.5. The molecule has 106 valence electrons. The molecule has 1 saturated carbocycles. The van der Waals surface area contributed by atoms with Crippen molar-refractivity contribution in [3.8, 4) is 0 Å². The van der Waals surface area contributed by atoms with E-state index in [0.717, 1.165) is 19.1 Å². The fourth-order valence-corrected chi connectivity index (χ4v) is 3.06. The maximum atomic E-state index is 5.95. The maximum Gasteiger partial charge on any atom is 0.0503 e. The van der Waals surface area contributed by atoms with E-state index >= 15 is 0 Å². The first-order valence-corrected chi connectivity index (χ1v) is 7.40. The van der Waals surface area contributed by atoms with Crippen molar-refractivity contribution in [1.29, 1.82) is 0 Å². The summed E-state index contributed by atoms with van der Waals surface area (Å²) in [6.07, 6.45) is 2.91. The summed E-state index contributed by atoms with van der Waals surface area (Å²) in [6.45, 7) is 9.90. The van der Waals surface area contributed by atoms with Crippen LogP contribution in [0.25, 0.3) is 0 Å². The Morgan fingerprint density at radius 2 is 1.89 bits per heavy atom. The van der Waals surface area contributed by atoms with Gasteiger partial charge in [0, 0.05) is 52.4 Å². The normalized spacial score (nSPS) is 26.2. The van der Waals surface area contributed by atoms with Gasteiger partial charge in [-0.3, -0.25) is 4.90 Å². The van der Waals surface area contributed by atoms with Crippen molar-refractivity contribution in [3.05, 3.63) is 0 Å². The second kappa shape index (κ2) is 6.85. The number of hydrogen-bond donors (Lipinski definition) is 1. The highest BCUT2D eigenvalue weighted by Gasteiger charge is 2.29. The first kappa shape index (κ1) is 14.3. The largest absolute Gasteiger partial charge is 0.384 e. The smallest absolute Gasteiger partial charge is 0.0503 e. The topological polar surface area (TPSA) is 41.7 Å². The standard InChI is InChI=1S/C14H29N3O/c1-12(11-18-2)14(9-15)17-7-5-16(6-8-17)10-13-3-4-13/h12-14H,3-11,15H2,1-2H3. The molecular formula is C14H29N3O. The highest BCUT2D eigenvalue weighted by molar-refractivity contribution is 4.85. The van der Waals surface area contributed by atoms with Gasteiger partial charge in [-0.05, 0) is 24.7 Å². The van der Waals surface area contributed by atoms with Crippen LogP contribution in [0.2, 0.25) is 0 Å². The van der Waals surface area contributed by atoms with Crippen LogP contribution in [0, 0.1) is 11.8 Å². The molecule has 1 saturated heterocycles. The van der Waals surface area contributed by atoms with Crippen LogP contribution in [-0.4, -0.2) is 68.8 Å². The zero-order valence-corrected chi connectivity index (χ0v) is 12.0. The number of piperazine rings is 1. The highest BCUT2D eigenvalue weighted by Crippen LogP contribution is 2.30. The van der Waals surface area contributed by atoms with Crippen molar-refractivity contribution >= 4 is 0 Å². The van der Waals surface area contributed by atoms with Crippen molar-refractivity contribution in [2.45, 2.75) is 25.8 Å². The van der Waals surface area contributed by atoms with Crippen LogP contribution in [0.4, 0.5) is 0 Å². The van der Waals surface area contributed by atoms with E-state index in [0.29, 0.717) is 12.0 Å². The lowest BCUT2D eigenvalue weighted by Crippen LogP contribution is -2.55. The van der Waals surface area contributed by atoms with Gasteiger partial charge in [0.2, 0.25) is 0 Å². The predicted molar refractivity (Wildman–Crippen MR) is 74.6 cm³/mol. The summed E-state index contributed by atoms with van der Waals surface area (Å²) in [5, 5.41) is 0. The number of ether oxygens (including phenoxy) is 1. The Morgan fingerprint density at radius 3 is 2.39 bits per heavy atom. The predicted octanol–water partition coefficient (Wildman–Crippen LogP) is 0.624. The number of hydrogen-bond acceptors (Lipinski definition) is 4. The Balaban J connectivity index is 1.75. The molecule has 2 rings (SSSR count). The Kier molecular flexibility index (Phi) is 5.42. The van der Waals surface area contributed by atoms with Crippen molar-refractivity contribution in [2.24, 2.45) is 17.6 Å². The number of nitrogens with zero attached hydrogens (tertiary/aromatic N) is 2. The average Bonchev–Trinajstić information content (AvgIpc) is 3.16. The lowest BCUT2D eigenvalue weighted by Gasteiger charge is -2.41. The fourth-order valence-electron chi connectivity index (χ4n) is 3.06. The van der Waals surface area contributed by atoms with Gasteiger partial charge in [0.15, 0.2) is 0 Å². The van der Waals surface area contributed by atoms with Gasteiger partial charge < -0.3 is 15.4 Å². The molecule has 0 bridgehead atoms. The van der Waals surface area contributed by atoms with Gasteiger partial charge in [0.05, 0.1) is 6.61 Å². The summed E-state index contributed by atoms with van der Waals surface area (Å²) in [4.78, 5) is 5.19. The molecule has 1 aliphatic carbocycles. The van der Waals surface area contributed by atoms with E-state index in [1.807, 2.05) is 0 Å². The minimum absolute atomic E-state index is 0.480. The van der Waals surface area contributed by atoms with Crippen LogP contribution < -0.4 is 5.73 Å². The SMILES string of the molecule is COCC(C)C(CN)N1CCN(CC2CC2)CC1. The third kappa shape index (κ3) is 3.92. The van der Waals surface area contributed by atoms with Gasteiger partial charge in [-0.25, -0.2) is 0 Å². The zero-order chi connectivity index (χ0) is 13.0. The van der Waals surface area contributed by atoms with Crippen LogP contribution in [-0.2, 0) is 4.74 Å². The summed E-state index contributed by atoms with van der Waals surface area (Å²) >= 11 is 0. The molecule has 2 fully saturated rings. The molecule has 0 aromatic heterocycles. The van der Waals surface area contributed by atoms with Gasteiger partial charge in [0.1, 0.15) is 0 Å². The number of methoxy groups -OCH3 is 1. The van der Waals surface area contributed by atoms with Crippen molar-refractivity contribution in [3.63, 3.8) is 0 Å². The molecule has 0 spiro atoms. The van der Waals surface area contributed by atoms with Gasteiger partial charge in [0.25, 0.3) is 0 Å². The first-order valence-electron chi connectivity index (χ1n) is 7.40. The Labute approximate surface area is 111 Å². The summed E-state index contributed by atoms with van der Waals surface area (Å²) in [7, 11) is 1.78. The van der Waals surface area contributed by atoms with Gasteiger partial charge in [-0.2, -0.15) is 0 Å². The van der Waals surface area contributed by atoms with Gasteiger partial charge >= 0.3 is 0 Å². The Hall–Kier alpha value is -0.160. The molecule has 2 aliphatic rings. The van der Waals surface area contributed by atoms with E-state index in [1.54, 1.807) is 7.11 Å². The van der Waals surface area contributed by atoms with Gasteiger partial charge in [-0.15, -0.1) is 0 Å². The Morgan fingerprint density at radius 1 is 1.22 bits per heavy atom. The molecule has 2 atom stereocenters. The molecule has 1 heterocycles. The molecule has 2 N–H and O–H groups in total. The molecule has 1 aliphatic heterocycles. The zero-order valence-electron chi connectivity index (χ0n) is 12.0. The summed E-state index contributed by atoms with van der Waals surface area (Å²) in [6, 6.07) is 0.480. The summed E-state index contributed by atoms with van der Waals surface area (Å²) in [5.41, 5.74) is 5.95. The third-order valence-corrected chi connectivity index (χ3v) is 4.42.